The molecule has 1 aromatic rings. The van der Waals surface area contributed by atoms with Crippen LogP contribution in [-0.4, -0.2) is 123 Å². The van der Waals surface area contributed by atoms with E-state index in [1.807, 2.05) is 0 Å². The van der Waals surface area contributed by atoms with E-state index in [0.29, 0.717) is 30.8 Å². The van der Waals surface area contributed by atoms with E-state index in [1.54, 1.807) is 25.6 Å². The van der Waals surface area contributed by atoms with E-state index < -0.39 is 64.2 Å². The lowest BCUT2D eigenvalue weighted by Gasteiger charge is -2.29. The molecular weight excluding hydrogens is 927 g/mol. The number of unbranched alkanes of at least 4 members (excludes halogenated alkanes) is 8. The molecule has 0 aromatic carbocycles. The van der Waals surface area contributed by atoms with Gasteiger partial charge in [-0.25, -0.2) is 56.9 Å². The molecule has 68 heavy (non-hydrogen) atoms. The summed E-state index contributed by atoms with van der Waals surface area (Å²) in [7, 11) is 0. The number of carbonyl (C=O) groups excluding carboxylic acids is 6. The van der Waals surface area contributed by atoms with E-state index in [4.69, 9.17) is 28.4 Å². The van der Waals surface area contributed by atoms with Gasteiger partial charge in [0.25, 0.3) is 0 Å². The summed E-state index contributed by atoms with van der Waals surface area (Å²) in [6, 6.07) is 0. The van der Waals surface area contributed by atoms with Crippen molar-refractivity contribution < 1.29 is 57.2 Å². The molecule has 0 fully saturated rings. The van der Waals surface area contributed by atoms with Gasteiger partial charge in [-0.15, -0.1) is 0 Å². The van der Waals surface area contributed by atoms with E-state index in [1.165, 1.54) is 18.7 Å². The summed E-state index contributed by atoms with van der Waals surface area (Å²) in [6.45, 7) is 17.6. The standard InChI is InChI=1S/C46H71N5O15S2/c1-8-36(52)63-32-45(6,33-64-37(53)9-2)47-40(56)61-26-20-18-16-14-13-15-17-19-21-28-67-29-22-24-50-42(58)49(12-5)43(59)51(44(50)60)25-23-30-68-31-27-62-41(57)48-46(7,34-65-38(54)10-3)35-66-39(55)11-4/h8-11H,1-4,12-35H2,5-7H3,(H,47,56)(H,48,57). The van der Waals surface area contributed by atoms with Gasteiger partial charge >= 0.3 is 53.1 Å². The molecule has 22 heteroatoms. The fraction of sp³-hybridized carbons (Fsp3) is 0.630. The van der Waals surface area contributed by atoms with Gasteiger partial charge in [0.2, 0.25) is 0 Å². The molecule has 0 bridgehead atoms. The molecule has 382 valence electrons. The Morgan fingerprint density at radius 2 is 0.794 bits per heavy atom. The van der Waals surface area contributed by atoms with Crippen molar-refractivity contribution in [1.82, 2.24) is 24.3 Å². The van der Waals surface area contributed by atoms with Crippen molar-refractivity contribution in [2.45, 2.75) is 122 Å². The molecule has 1 rings (SSSR count). The third-order valence-corrected chi connectivity index (χ3v) is 12.0. The van der Waals surface area contributed by atoms with Gasteiger partial charge in [-0.3, -0.25) is 0 Å². The van der Waals surface area contributed by atoms with Crippen LogP contribution in [0.25, 0.3) is 0 Å². The highest BCUT2D eigenvalue weighted by molar-refractivity contribution is 7.99. The van der Waals surface area contributed by atoms with Crippen LogP contribution in [0, 0.1) is 0 Å². The molecule has 0 aliphatic heterocycles. The lowest BCUT2D eigenvalue weighted by Crippen LogP contribution is -2.54. The Kier molecular flexibility index (Phi) is 30.9. The van der Waals surface area contributed by atoms with Crippen LogP contribution in [0.2, 0.25) is 0 Å². The second-order valence-corrected chi connectivity index (χ2v) is 18.3. The highest BCUT2D eigenvalue weighted by atomic mass is 32.2. The Morgan fingerprint density at radius 3 is 1.18 bits per heavy atom. The van der Waals surface area contributed by atoms with Gasteiger partial charge in [0, 0.05) is 49.7 Å². The third kappa shape index (κ3) is 25.6. The zero-order valence-electron chi connectivity index (χ0n) is 39.9. The molecule has 2 amide bonds. The first-order valence-corrected chi connectivity index (χ1v) is 25.0. The Balaban J connectivity index is 2.34. The zero-order chi connectivity index (χ0) is 50.8. The molecule has 0 atom stereocenters. The van der Waals surface area contributed by atoms with Gasteiger partial charge < -0.3 is 39.1 Å². The minimum Gasteiger partial charge on any atom is -0.460 e. The van der Waals surface area contributed by atoms with Crippen LogP contribution >= 0.6 is 23.5 Å². The van der Waals surface area contributed by atoms with E-state index in [9.17, 15) is 43.2 Å². The quantitative estimate of drug-likeness (QED) is 0.0390. The molecule has 0 saturated heterocycles. The first-order chi connectivity index (χ1) is 32.5. The smallest absolute Gasteiger partial charge is 0.407 e. The van der Waals surface area contributed by atoms with Crippen LogP contribution in [-0.2, 0) is 67.2 Å². The highest BCUT2D eigenvalue weighted by Gasteiger charge is 2.32. The number of nitrogens with one attached hydrogen (secondary N) is 2. The second-order valence-electron chi connectivity index (χ2n) is 15.9. The molecule has 0 radical (unpaired) electrons. The zero-order valence-corrected chi connectivity index (χ0v) is 41.5. The molecule has 20 nitrogen and oxygen atoms in total. The molecule has 0 unspecified atom stereocenters. The number of hydrogen-bond donors (Lipinski definition) is 2. The number of rotatable bonds is 38. The summed E-state index contributed by atoms with van der Waals surface area (Å²) in [5, 5.41) is 5.14. The van der Waals surface area contributed by atoms with Crippen LogP contribution in [0.5, 0.6) is 0 Å². The number of ether oxygens (including phenoxy) is 6. The topological polar surface area (TPSA) is 248 Å². The molecule has 0 aliphatic rings. The average Bonchev–Trinajstić information content (AvgIpc) is 3.32. The molecule has 1 aromatic heterocycles. The first kappa shape index (κ1) is 60.5. The Hall–Kier alpha value is -5.51. The predicted molar refractivity (Wildman–Crippen MR) is 261 cm³/mol. The summed E-state index contributed by atoms with van der Waals surface area (Å²) >= 11 is 3.21. The maximum Gasteiger partial charge on any atom is 0.407 e. The number of carbonyl (C=O) groups is 6. The van der Waals surface area contributed by atoms with Crippen molar-refractivity contribution in [2.75, 3.05) is 62.7 Å². The minimum atomic E-state index is -1.29. The van der Waals surface area contributed by atoms with Crippen LogP contribution in [0.15, 0.2) is 65.0 Å². The van der Waals surface area contributed by atoms with Crippen LogP contribution < -0.4 is 27.7 Å². The largest absolute Gasteiger partial charge is 0.460 e. The van der Waals surface area contributed by atoms with Crippen molar-refractivity contribution in [3.8, 4) is 0 Å². The predicted octanol–water partition coefficient (Wildman–Crippen LogP) is 4.84. The van der Waals surface area contributed by atoms with E-state index >= 15 is 0 Å². The van der Waals surface area contributed by atoms with Crippen molar-refractivity contribution in [2.24, 2.45) is 0 Å². The fourth-order valence-corrected chi connectivity index (χ4v) is 7.73. The highest BCUT2D eigenvalue weighted by Crippen LogP contribution is 2.14. The Labute approximate surface area is 406 Å². The summed E-state index contributed by atoms with van der Waals surface area (Å²) in [5.41, 5.74) is -4.39. The van der Waals surface area contributed by atoms with Gasteiger partial charge in [0.1, 0.15) is 44.1 Å². The van der Waals surface area contributed by atoms with Gasteiger partial charge in [-0.1, -0.05) is 71.3 Å². The van der Waals surface area contributed by atoms with Crippen molar-refractivity contribution in [3.05, 3.63) is 82.1 Å². The summed E-state index contributed by atoms with van der Waals surface area (Å²) < 4.78 is 33.9. The van der Waals surface area contributed by atoms with Crippen molar-refractivity contribution in [1.29, 1.82) is 0 Å². The van der Waals surface area contributed by atoms with Crippen LogP contribution in [0.3, 0.4) is 0 Å². The van der Waals surface area contributed by atoms with Crippen molar-refractivity contribution >= 4 is 59.6 Å². The first-order valence-electron chi connectivity index (χ1n) is 22.6. The second kappa shape index (κ2) is 34.7. The maximum absolute atomic E-state index is 13.3. The monoisotopic (exact) mass is 997 g/mol. The molecule has 0 aliphatic carbocycles. The number of alkyl carbamates (subject to hydrolysis) is 2. The number of esters is 4. The van der Waals surface area contributed by atoms with Crippen LogP contribution in [0.4, 0.5) is 9.59 Å². The SMILES string of the molecule is C=CC(=O)OCC(C)(COC(=O)C=C)NC(=O)OCCCCCCCCCCCSCCCn1c(=O)n(CC)c(=O)n(CCCSCCOC(=O)NC(C)(COC(=O)C=C)COC(=O)C=C)c1=O. The summed E-state index contributed by atoms with van der Waals surface area (Å²) in [4.78, 5) is 110. The van der Waals surface area contributed by atoms with Gasteiger partial charge in [0.15, 0.2) is 0 Å². The minimum absolute atomic E-state index is 0.0206. The number of hydrogen-bond acceptors (Lipinski definition) is 17. The molecule has 0 saturated carbocycles. The van der Waals surface area contributed by atoms with Gasteiger partial charge in [0.05, 0.1) is 6.61 Å². The summed E-state index contributed by atoms with van der Waals surface area (Å²) in [6.07, 6.45) is 12.6. The number of thioether (sulfide) groups is 2. The van der Waals surface area contributed by atoms with E-state index in [2.05, 4.69) is 36.9 Å². The lowest BCUT2D eigenvalue weighted by molar-refractivity contribution is -0.146. The molecule has 1 heterocycles. The van der Waals surface area contributed by atoms with Gasteiger partial charge in [-0.2, -0.15) is 23.5 Å². The van der Waals surface area contributed by atoms with E-state index in [-0.39, 0.29) is 59.3 Å². The number of amides is 2. The van der Waals surface area contributed by atoms with Crippen molar-refractivity contribution in [3.63, 3.8) is 0 Å². The average molecular weight is 998 g/mol. The number of aromatic nitrogens is 3. The Bertz CT molecular complexity index is 1950. The normalized spacial score (nSPS) is 11.1. The Morgan fingerprint density at radius 1 is 0.471 bits per heavy atom. The summed E-state index contributed by atoms with van der Waals surface area (Å²) in [5.74, 6) is -0.152. The molecular formula is C46H71N5O15S2. The molecule has 0 spiro atoms. The van der Waals surface area contributed by atoms with Gasteiger partial charge in [-0.05, 0) is 63.7 Å². The lowest BCUT2D eigenvalue weighted by atomic mass is 10.1. The number of nitrogens with zero attached hydrogens (tertiary/aromatic N) is 3. The molecule has 2 N–H and O–H groups in total. The van der Waals surface area contributed by atoms with E-state index in [0.717, 1.165) is 101 Å². The fourth-order valence-electron chi connectivity index (χ4n) is 6.04. The van der Waals surface area contributed by atoms with Crippen LogP contribution in [0.1, 0.15) is 91.4 Å². The third-order valence-electron chi connectivity index (χ3n) is 9.78. The maximum atomic E-state index is 13.3.